The van der Waals surface area contributed by atoms with Crippen molar-refractivity contribution in [1.82, 2.24) is 14.9 Å². The van der Waals surface area contributed by atoms with E-state index in [0.29, 0.717) is 16.7 Å². The van der Waals surface area contributed by atoms with Crippen LogP contribution in [0.4, 0.5) is 0 Å². The average Bonchev–Trinajstić information content (AvgIpc) is 2.84. The van der Waals surface area contributed by atoms with Gasteiger partial charge >= 0.3 is 0 Å². The topological polar surface area (TPSA) is 80.5 Å². The maximum Gasteiger partial charge on any atom is 0.211 e. The summed E-state index contributed by atoms with van der Waals surface area (Å²) >= 11 is 2.82. The van der Waals surface area contributed by atoms with Gasteiger partial charge in [-0.15, -0.1) is 21.5 Å². The number of thioether (sulfide) groups is 1. The summed E-state index contributed by atoms with van der Waals surface area (Å²) in [5.74, 6) is 6.75. The number of thiophene rings is 1. The van der Waals surface area contributed by atoms with Gasteiger partial charge in [-0.05, 0) is 11.4 Å². The number of nitrogens with two attached hydrogens (primary N) is 1. The van der Waals surface area contributed by atoms with Crippen LogP contribution < -0.4 is 5.84 Å². The molecule has 0 aromatic carbocycles. The van der Waals surface area contributed by atoms with Crippen LogP contribution in [-0.2, 0) is 0 Å². The number of nitriles is 1. The molecule has 0 unspecified atom stereocenters. The monoisotopic (exact) mass is 237 g/mol. The van der Waals surface area contributed by atoms with Gasteiger partial charge in [0.2, 0.25) is 5.16 Å². The number of aromatic nitrogens is 3. The summed E-state index contributed by atoms with van der Waals surface area (Å²) in [4.78, 5) is 0.966. The van der Waals surface area contributed by atoms with Gasteiger partial charge in [0.1, 0.15) is 0 Å². The predicted octanol–water partition coefficient (Wildman–Crippen LogP) is 1.34. The molecule has 0 bridgehead atoms. The molecule has 2 N–H and O–H groups in total. The molecule has 5 nitrogen and oxygen atoms in total. The third-order valence-corrected chi connectivity index (χ3v) is 3.35. The molecule has 15 heavy (non-hydrogen) atoms. The van der Waals surface area contributed by atoms with Gasteiger partial charge in [0.25, 0.3) is 0 Å². The van der Waals surface area contributed by atoms with Crippen LogP contribution >= 0.6 is 23.1 Å². The molecule has 0 saturated heterocycles. The molecule has 0 atom stereocenters. The number of nitrogens with zero attached hydrogens (tertiary/aromatic N) is 4. The molecule has 2 heterocycles. The van der Waals surface area contributed by atoms with Gasteiger partial charge in [0.15, 0.2) is 5.82 Å². The third kappa shape index (κ3) is 1.95. The van der Waals surface area contributed by atoms with Gasteiger partial charge in [-0.2, -0.15) is 5.26 Å². The van der Waals surface area contributed by atoms with Crippen LogP contribution in [0.15, 0.2) is 22.7 Å². The lowest BCUT2D eigenvalue weighted by molar-refractivity contribution is 0.852. The first kappa shape index (κ1) is 10.0. The molecule has 0 aliphatic carbocycles. The molecule has 2 aromatic heterocycles. The fraction of sp³-hybridized carbons (Fsp3) is 0.125. The highest BCUT2D eigenvalue weighted by Crippen LogP contribution is 2.24. The summed E-state index contributed by atoms with van der Waals surface area (Å²) in [6, 6.07) is 5.87. The van der Waals surface area contributed by atoms with Crippen LogP contribution in [0.3, 0.4) is 0 Å². The number of nitrogen functional groups attached to an aromatic ring is 1. The molecule has 0 radical (unpaired) electrons. The van der Waals surface area contributed by atoms with E-state index >= 15 is 0 Å². The zero-order valence-corrected chi connectivity index (χ0v) is 9.25. The van der Waals surface area contributed by atoms with E-state index in [4.69, 9.17) is 11.1 Å². The van der Waals surface area contributed by atoms with Crippen molar-refractivity contribution in [3.8, 4) is 16.8 Å². The zero-order valence-electron chi connectivity index (χ0n) is 7.62. The molecule has 7 heteroatoms. The van der Waals surface area contributed by atoms with Crippen molar-refractivity contribution in [2.75, 3.05) is 11.6 Å². The van der Waals surface area contributed by atoms with Crippen molar-refractivity contribution in [3.05, 3.63) is 17.5 Å². The first-order valence-corrected chi connectivity index (χ1v) is 5.93. The lowest BCUT2D eigenvalue weighted by atomic mass is 10.4. The molecule has 0 amide bonds. The van der Waals surface area contributed by atoms with E-state index < -0.39 is 0 Å². The second-order valence-corrected chi connectivity index (χ2v) is 4.49. The van der Waals surface area contributed by atoms with E-state index in [2.05, 4.69) is 10.2 Å². The van der Waals surface area contributed by atoms with Gasteiger partial charge < -0.3 is 5.84 Å². The summed E-state index contributed by atoms with van der Waals surface area (Å²) in [6.07, 6.45) is 0. The Morgan fingerprint density at radius 3 is 3.13 bits per heavy atom. The Bertz CT molecular complexity index is 482. The summed E-state index contributed by atoms with van der Waals surface area (Å²) in [5.41, 5.74) is 0. The van der Waals surface area contributed by atoms with Gasteiger partial charge in [-0.25, -0.2) is 4.68 Å². The maximum atomic E-state index is 8.44. The molecule has 2 rings (SSSR count). The standard InChI is InChI=1S/C8H7N5S2/c9-3-5-15-8-12-11-7(13(8)10)6-2-1-4-14-6/h1-2,4H,5,10H2. The van der Waals surface area contributed by atoms with Crippen LogP contribution in [0.1, 0.15) is 0 Å². The maximum absolute atomic E-state index is 8.44. The minimum atomic E-state index is 0.319. The molecule has 76 valence electrons. The molecule has 0 spiro atoms. The molecule has 0 fully saturated rings. The van der Waals surface area contributed by atoms with Crippen molar-refractivity contribution in [1.29, 1.82) is 5.26 Å². The SMILES string of the molecule is N#CCSc1nnc(-c2cccs2)n1N. The molecule has 0 aliphatic heterocycles. The summed E-state index contributed by atoms with van der Waals surface area (Å²) in [5, 5.41) is 18.8. The van der Waals surface area contributed by atoms with Crippen molar-refractivity contribution >= 4 is 23.1 Å². The Morgan fingerprint density at radius 2 is 2.47 bits per heavy atom. The van der Waals surface area contributed by atoms with Gasteiger partial charge in [0, 0.05) is 0 Å². The second-order valence-electron chi connectivity index (χ2n) is 2.60. The van der Waals surface area contributed by atoms with Crippen LogP contribution in [-0.4, -0.2) is 20.6 Å². The van der Waals surface area contributed by atoms with E-state index in [9.17, 15) is 0 Å². The minimum absolute atomic E-state index is 0.319. The Morgan fingerprint density at radius 1 is 1.60 bits per heavy atom. The highest BCUT2D eigenvalue weighted by atomic mass is 32.2. The van der Waals surface area contributed by atoms with Crippen LogP contribution in [0.2, 0.25) is 0 Å². The van der Waals surface area contributed by atoms with Crippen LogP contribution in [0.25, 0.3) is 10.7 Å². The molecule has 0 aliphatic rings. The summed E-state index contributed by atoms with van der Waals surface area (Å²) in [6.45, 7) is 0. The van der Waals surface area contributed by atoms with E-state index in [1.54, 1.807) is 11.3 Å². The number of rotatable bonds is 3. The molecule has 2 aromatic rings. The molecule has 0 saturated carbocycles. The van der Waals surface area contributed by atoms with Gasteiger partial charge in [-0.1, -0.05) is 17.8 Å². The number of hydrogen-bond acceptors (Lipinski definition) is 6. The Balaban J connectivity index is 2.29. The Labute approximate surface area is 94.5 Å². The average molecular weight is 237 g/mol. The largest absolute Gasteiger partial charge is 0.335 e. The Kier molecular flexibility index (Phi) is 2.89. The van der Waals surface area contributed by atoms with Crippen molar-refractivity contribution in [2.45, 2.75) is 5.16 Å². The summed E-state index contributed by atoms with van der Waals surface area (Å²) < 4.78 is 1.41. The second kappa shape index (κ2) is 4.33. The van der Waals surface area contributed by atoms with E-state index in [0.717, 1.165) is 4.88 Å². The third-order valence-electron chi connectivity index (χ3n) is 1.67. The lowest BCUT2D eigenvalue weighted by Crippen LogP contribution is -2.11. The molecular formula is C8H7N5S2. The quantitative estimate of drug-likeness (QED) is 0.643. The normalized spacial score (nSPS) is 10.1. The van der Waals surface area contributed by atoms with Gasteiger partial charge in [0.05, 0.1) is 16.7 Å². The lowest BCUT2D eigenvalue weighted by Gasteiger charge is -1.98. The van der Waals surface area contributed by atoms with E-state index in [-0.39, 0.29) is 0 Å². The minimum Gasteiger partial charge on any atom is -0.335 e. The first-order chi connectivity index (χ1) is 7.33. The highest BCUT2D eigenvalue weighted by molar-refractivity contribution is 7.99. The van der Waals surface area contributed by atoms with E-state index in [1.807, 2.05) is 23.6 Å². The smallest absolute Gasteiger partial charge is 0.211 e. The van der Waals surface area contributed by atoms with Crippen molar-refractivity contribution < 1.29 is 0 Å². The van der Waals surface area contributed by atoms with Crippen molar-refractivity contribution in [2.24, 2.45) is 0 Å². The molecular weight excluding hydrogens is 230 g/mol. The van der Waals surface area contributed by atoms with Gasteiger partial charge in [-0.3, -0.25) is 0 Å². The van der Waals surface area contributed by atoms with Crippen LogP contribution in [0, 0.1) is 11.3 Å². The first-order valence-electron chi connectivity index (χ1n) is 4.07. The highest BCUT2D eigenvalue weighted by Gasteiger charge is 2.12. The fourth-order valence-electron chi connectivity index (χ4n) is 1.05. The van der Waals surface area contributed by atoms with E-state index in [1.165, 1.54) is 16.4 Å². The predicted molar refractivity (Wildman–Crippen MR) is 59.8 cm³/mol. The number of hydrogen-bond donors (Lipinski definition) is 1. The zero-order chi connectivity index (χ0) is 10.7. The summed E-state index contributed by atoms with van der Waals surface area (Å²) in [7, 11) is 0. The Hall–Kier alpha value is -1.52. The fourth-order valence-corrected chi connectivity index (χ4v) is 2.27. The van der Waals surface area contributed by atoms with Crippen molar-refractivity contribution in [3.63, 3.8) is 0 Å². The van der Waals surface area contributed by atoms with Crippen LogP contribution in [0.5, 0.6) is 0 Å².